The normalized spacial score (nSPS) is 28.8. The molecule has 1 saturated carbocycles. The maximum atomic E-state index is 12.6. The van der Waals surface area contributed by atoms with Gasteiger partial charge in [-0.2, -0.15) is 0 Å². The van der Waals surface area contributed by atoms with Gasteiger partial charge in [0.15, 0.2) is 0 Å². The van der Waals surface area contributed by atoms with Gasteiger partial charge in [-0.3, -0.25) is 4.79 Å². The second-order valence-corrected chi connectivity index (χ2v) is 8.64. The van der Waals surface area contributed by atoms with E-state index >= 15 is 0 Å². The Hall–Kier alpha value is -1.45. The van der Waals surface area contributed by atoms with Crippen LogP contribution in [0.3, 0.4) is 0 Å². The van der Waals surface area contributed by atoms with Crippen molar-refractivity contribution in [3.05, 3.63) is 66.2 Å². The molecule has 2 aromatic rings. The predicted molar refractivity (Wildman–Crippen MR) is 104 cm³/mol. The zero-order valence-corrected chi connectivity index (χ0v) is 15.7. The van der Waals surface area contributed by atoms with Crippen LogP contribution in [0.1, 0.15) is 31.2 Å². The lowest BCUT2D eigenvalue weighted by atomic mass is 9.71. The van der Waals surface area contributed by atoms with Crippen molar-refractivity contribution in [3.8, 4) is 0 Å². The Morgan fingerprint density at radius 1 is 1.04 bits per heavy atom. The summed E-state index contributed by atoms with van der Waals surface area (Å²) in [6.45, 7) is 0.661. The Morgan fingerprint density at radius 2 is 1.72 bits per heavy atom. The number of hydrogen-bond donors (Lipinski definition) is 0. The molecule has 1 heterocycles. The van der Waals surface area contributed by atoms with Gasteiger partial charge in [-0.25, -0.2) is 0 Å². The lowest BCUT2D eigenvalue weighted by Gasteiger charge is -2.60. The number of benzene rings is 2. The number of rotatable bonds is 4. The van der Waals surface area contributed by atoms with Crippen LogP contribution in [0.5, 0.6) is 0 Å². The highest BCUT2D eigenvalue weighted by Gasteiger charge is 2.63. The monoisotopic (exact) mass is 371 g/mol. The minimum absolute atomic E-state index is 0.0890. The molecule has 25 heavy (non-hydrogen) atoms. The number of carbonyl (C=O) groups excluding carboxylic acids is 1. The summed E-state index contributed by atoms with van der Waals surface area (Å²) >= 11 is 8.54. The van der Waals surface area contributed by atoms with Gasteiger partial charge in [0.2, 0.25) is 5.91 Å². The fourth-order valence-corrected chi connectivity index (χ4v) is 6.27. The standard InChI is InChI=1S/C21H22ClNOS/c22-19-20(24)23(15-16-9-3-1-4-10-16)21(19)14-8-7-13-18(21)25-17-11-5-2-6-12-17/h1-6,9-12,18-19H,7-8,13-15H2. The number of hydrogen-bond acceptors (Lipinski definition) is 2. The number of halogens is 1. The Labute approximate surface area is 158 Å². The molecule has 1 aliphatic carbocycles. The highest BCUT2D eigenvalue weighted by atomic mass is 35.5. The van der Waals surface area contributed by atoms with Gasteiger partial charge in [0, 0.05) is 16.7 Å². The van der Waals surface area contributed by atoms with Gasteiger partial charge < -0.3 is 4.90 Å². The minimum Gasteiger partial charge on any atom is -0.328 e. The van der Waals surface area contributed by atoms with Crippen molar-refractivity contribution in [1.29, 1.82) is 0 Å². The molecule has 1 amide bonds. The van der Waals surface area contributed by atoms with Crippen molar-refractivity contribution >= 4 is 29.3 Å². The molecule has 1 spiro atoms. The van der Waals surface area contributed by atoms with Crippen LogP contribution in [0.4, 0.5) is 0 Å². The highest BCUT2D eigenvalue weighted by molar-refractivity contribution is 8.00. The smallest absolute Gasteiger partial charge is 0.243 e. The second-order valence-electron chi connectivity index (χ2n) is 6.93. The SMILES string of the molecule is O=C1C(Cl)C2(CCCCC2Sc2ccccc2)N1Cc1ccccc1. The van der Waals surface area contributed by atoms with E-state index < -0.39 is 5.38 Å². The second kappa shape index (κ2) is 7.05. The number of likely N-dealkylation sites (tertiary alicyclic amines) is 1. The third-order valence-electron chi connectivity index (χ3n) is 5.48. The van der Waals surface area contributed by atoms with Gasteiger partial charge in [0.1, 0.15) is 5.38 Å². The van der Waals surface area contributed by atoms with Crippen LogP contribution < -0.4 is 0 Å². The first-order valence-corrected chi connectivity index (χ1v) is 10.2. The van der Waals surface area contributed by atoms with Gasteiger partial charge in [0.05, 0.1) is 5.54 Å². The fraction of sp³-hybridized carbons (Fsp3) is 0.381. The molecule has 1 aliphatic heterocycles. The summed E-state index contributed by atoms with van der Waals surface area (Å²) in [5.41, 5.74) is 0.959. The van der Waals surface area contributed by atoms with E-state index in [1.54, 1.807) is 0 Å². The summed E-state index contributed by atoms with van der Waals surface area (Å²) in [6.07, 6.45) is 4.47. The van der Waals surface area contributed by atoms with E-state index in [1.807, 2.05) is 36.0 Å². The summed E-state index contributed by atoms with van der Waals surface area (Å²) in [4.78, 5) is 15.9. The van der Waals surface area contributed by atoms with Gasteiger partial charge in [-0.05, 0) is 30.5 Å². The molecule has 1 saturated heterocycles. The van der Waals surface area contributed by atoms with Crippen molar-refractivity contribution in [3.63, 3.8) is 0 Å². The van der Waals surface area contributed by atoms with Crippen LogP contribution in [-0.4, -0.2) is 27.0 Å². The molecular weight excluding hydrogens is 350 g/mol. The molecule has 3 atom stereocenters. The molecule has 2 aliphatic rings. The maximum Gasteiger partial charge on any atom is 0.243 e. The predicted octanol–water partition coefficient (Wildman–Crippen LogP) is 5.11. The van der Waals surface area contributed by atoms with Crippen LogP contribution in [-0.2, 0) is 11.3 Å². The summed E-state index contributed by atoms with van der Waals surface area (Å²) in [7, 11) is 0. The Kier molecular flexibility index (Phi) is 4.79. The van der Waals surface area contributed by atoms with Crippen LogP contribution in [0.25, 0.3) is 0 Å². The largest absolute Gasteiger partial charge is 0.328 e. The molecule has 2 fully saturated rings. The first-order valence-electron chi connectivity index (χ1n) is 8.93. The average molecular weight is 372 g/mol. The van der Waals surface area contributed by atoms with E-state index in [1.165, 1.54) is 16.9 Å². The highest BCUT2D eigenvalue weighted by Crippen LogP contribution is 2.53. The number of nitrogens with zero attached hydrogens (tertiary/aromatic N) is 1. The lowest BCUT2D eigenvalue weighted by molar-refractivity contribution is -0.159. The van der Waals surface area contributed by atoms with Crippen molar-refractivity contribution < 1.29 is 4.79 Å². The number of alkyl halides is 1. The van der Waals surface area contributed by atoms with Gasteiger partial charge in [0.25, 0.3) is 0 Å². The van der Waals surface area contributed by atoms with Crippen LogP contribution >= 0.6 is 23.4 Å². The summed E-state index contributed by atoms with van der Waals surface area (Å²) in [5.74, 6) is 0.0890. The van der Waals surface area contributed by atoms with E-state index in [9.17, 15) is 4.79 Å². The number of thioether (sulfide) groups is 1. The van der Waals surface area contributed by atoms with Crippen LogP contribution in [0.2, 0.25) is 0 Å². The lowest BCUT2D eigenvalue weighted by Crippen LogP contribution is -2.76. The molecule has 4 rings (SSSR count). The zero-order chi connectivity index (χ0) is 17.3. The minimum atomic E-state index is -0.391. The summed E-state index contributed by atoms with van der Waals surface area (Å²) in [6, 6.07) is 20.7. The number of carbonyl (C=O) groups is 1. The van der Waals surface area contributed by atoms with Crippen molar-refractivity contribution in [1.82, 2.24) is 4.90 Å². The number of amides is 1. The van der Waals surface area contributed by atoms with Crippen molar-refractivity contribution in [2.75, 3.05) is 0 Å². The maximum absolute atomic E-state index is 12.6. The molecular formula is C21H22ClNOS. The molecule has 3 unspecified atom stereocenters. The summed E-state index contributed by atoms with van der Waals surface area (Å²) < 4.78 is 0. The van der Waals surface area contributed by atoms with E-state index in [-0.39, 0.29) is 11.4 Å². The Balaban J connectivity index is 1.61. The first kappa shape index (κ1) is 17.0. The van der Waals surface area contributed by atoms with Crippen LogP contribution in [0.15, 0.2) is 65.6 Å². The van der Waals surface area contributed by atoms with E-state index in [0.29, 0.717) is 11.8 Å². The van der Waals surface area contributed by atoms with Crippen LogP contribution in [0, 0.1) is 0 Å². The Morgan fingerprint density at radius 3 is 2.44 bits per heavy atom. The Bertz CT molecular complexity index is 738. The molecule has 2 nitrogen and oxygen atoms in total. The summed E-state index contributed by atoms with van der Waals surface area (Å²) in [5, 5.41) is -0.0368. The number of β-lactam (4-membered cyclic amide) rings is 1. The van der Waals surface area contributed by atoms with Gasteiger partial charge in [-0.1, -0.05) is 61.4 Å². The first-order chi connectivity index (χ1) is 12.2. The third kappa shape index (κ3) is 2.98. The zero-order valence-electron chi connectivity index (χ0n) is 14.1. The van der Waals surface area contributed by atoms with E-state index in [2.05, 4.69) is 41.3 Å². The molecule has 2 aromatic carbocycles. The van der Waals surface area contributed by atoms with Crippen molar-refractivity contribution in [2.24, 2.45) is 0 Å². The topological polar surface area (TPSA) is 20.3 Å². The van der Waals surface area contributed by atoms with Crippen molar-refractivity contribution in [2.45, 2.75) is 53.3 Å². The molecule has 4 heteroatoms. The molecule has 0 radical (unpaired) electrons. The van der Waals surface area contributed by atoms with Gasteiger partial charge in [-0.15, -0.1) is 23.4 Å². The van der Waals surface area contributed by atoms with E-state index in [4.69, 9.17) is 11.6 Å². The average Bonchev–Trinajstić information content (AvgIpc) is 2.68. The fourth-order valence-electron chi connectivity index (χ4n) is 4.19. The molecule has 130 valence electrons. The molecule has 0 N–H and O–H groups in total. The van der Waals surface area contributed by atoms with Gasteiger partial charge >= 0.3 is 0 Å². The molecule has 0 bridgehead atoms. The molecule has 0 aromatic heterocycles. The van der Waals surface area contributed by atoms with E-state index in [0.717, 1.165) is 19.3 Å². The quantitative estimate of drug-likeness (QED) is 0.549. The third-order valence-corrected chi connectivity index (χ3v) is 7.52.